The summed E-state index contributed by atoms with van der Waals surface area (Å²) in [6.45, 7) is 4.61. The number of piperidine rings is 1. The van der Waals surface area contributed by atoms with Crippen LogP contribution >= 0.6 is 0 Å². The first-order valence-electron chi connectivity index (χ1n) is 8.75. The summed E-state index contributed by atoms with van der Waals surface area (Å²) in [5.74, 6) is 0.108. The fraction of sp³-hybridized carbons (Fsp3) is 0.400. The molecule has 1 aromatic carbocycles. The zero-order valence-electron chi connectivity index (χ0n) is 14.6. The lowest BCUT2D eigenvalue weighted by molar-refractivity contribution is 0.206. The predicted molar refractivity (Wildman–Crippen MR) is 98.9 cm³/mol. The van der Waals surface area contributed by atoms with E-state index in [1.165, 1.54) is 5.56 Å². The van der Waals surface area contributed by atoms with Gasteiger partial charge in [0.2, 0.25) is 0 Å². The molecule has 5 heteroatoms. The van der Waals surface area contributed by atoms with Gasteiger partial charge in [-0.05, 0) is 25.3 Å². The third-order valence-electron chi connectivity index (χ3n) is 4.75. The van der Waals surface area contributed by atoms with Crippen LogP contribution in [0, 0.1) is 6.92 Å². The second-order valence-corrected chi connectivity index (χ2v) is 6.56. The van der Waals surface area contributed by atoms with E-state index in [1.807, 2.05) is 6.07 Å². The van der Waals surface area contributed by atoms with Crippen LogP contribution < -0.4 is 0 Å². The summed E-state index contributed by atoms with van der Waals surface area (Å²) in [5, 5.41) is 19.6. The highest BCUT2D eigenvalue weighted by Crippen LogP contribution is 2.23. The van der Waals surface area contributed by atoms with Crippen molar-refractivity contribution in [2.75, 3.05) is 13.1 Å². The number of nitrogens with zero attached hydrogens (tertiary/aromatic N) is 3. The van der Waals surface area contributed by atoms with Crippen molar-refractivity contribution in [3.05, 3.63) is 58.9 Å². The number of benzene rings is 1. The summed E-state index contributed by atoms with van der Waals surface area (Å²) in [6, 6.07) is 10.8. The number of rotatable bonds is 5. The van der Waals surface area contributed by atoms with E-state index in [1.54, 1.807) is 19.3 Å². The Balaban J connectivity index is 1.59. The van der Waals surface area contributed by atoms with Crippen LogP contribution in [0.15, 0.2) is 41.5 Å². The number of aromatic nitrogens is 1. The Bertz CT molecular complexity index is 723. The van der Waals surface area contributed by atoms with Crippen LogP contribution in [0.25, 0.3) is 0 Å². The number of hydrogen-bond acceptors (Lipinski definition) is 5. The molecule has 1 saturated heterocycles. The fourth-order valence-electron chi connectivity index (χ4n) is 3.17. The van der Waals surface area contributed by atoms with Gasteiger partial charge in [-0.1, -0.05) is 30.3 Å². The van der Waals surface area contributed by atoms with Gasteiger partial charge in [-0.25, -0.2) is 0 Å². The summed E-state index contributed by atoms with van der Waals surface area (Å²) in [4.78, 5) is 11.2. The minimum atomic E-state index is -0.155. The number of pyridine rings is 1. The second-order valence-electron chi connectivity index (χ2n) is 6.56. The first-order valence-corrected chi connectivity index (χ1v) is 8.75. The van der Waals surface area contributed by atoms with Crippen LogP contribution in [0.1, 0.15) is 35.2 Å². The SMILES string of the molecule is Cc1ncc(CO)c(C=NC2CCN(Cc3ccccc3)CC2)c1O. The Morgan fingerprint density at radius 2 is 1.96 bits per heavy atom. The number of aliphatic imine (C=N–C) groups is 1. The maximum atomic E-state index is 10.2. The minimum Gasteiger partial charge on any atom is -0.505 e. The minimum absolute atomic E-state index is 0.108. The number of likely N-dealkylation sites (tertiary alicyclic amines) is 1. The van der Waals surface area contributed by atoms with Crippen molar-refractivity contribution in [2.45, 2.75) is 39.0 Å². The first-order chi connectivity index (χ1) is 12.2. The largest absolute Gasteiger partial charge is 0.505 e. The summed E-state index contributed by atoms with van der Waals surface area (Å²) < 4.78 is 0. The molecule has 132 valence electrons. The lowest BCUT2D eigenvalue weighted by Crippen LogP contribution is -2.34. The zero-order chi connectivity index (χ0) is 17.6. The van der Waals surface area contributed by atoms with E-state index in [0.29, 0.717) is 16.8 Å². The van der Waals surface area contributed by atoms with Crippen LogP contribution in [0.3, 0.4) is 0 Å². The molecule has 2 aromatic rings. The van der Waals surface area contributed by atoms with Crippen molar-refractivity contribution in [3.8, 4) is 5.75 Å². The van der Waals surface area contributed by atoms with Gasteiger partial charge in [0.1, 0.15) is 5.75 Å². The molecule has 2 N–H and O–H groups in total. The van der Waals surface area contributed by atoms with Crippen molar-refractivity contribution >= 4 is 6.21 Å². The lowest BCUT2D eigenvalue weighted by Gasteiger charge is -2.30. The van der Waals surface area contributed by atoms with Gasteiger partial charge in [0.25, 0.3) is 0 Å². The number of aliphatic hydroxyl groups is 1. The molecule has 0 atom stereocenters. The highest BCUT2D eigenvalue weighted by Gasteiger charge is 2.18. The zero-order valence-corrected chi connectivity index (χ0v) is 14.6. The van der Waals surface area contributed by atoms with Crippen molar-refractivity contribution in [3.63, 3.8) is 0 Å². The van der Waals surface area contributed by atoms with E-state index in [4.69, 9.17) is 0 Å². The van der Waals surface area contributed by atoms with Gasteiger partial charge >= 0.3 is 0 Å². The quantitative estimate of drug-likeness (QED) is 0.822. The third kappa shape index (κ3) is 4.44. The van der Waals surface area contributed by atoms with Crippen LogP contribution in [-0.4, -0.2) is 45.4 Å². The average Bonchev–Trinajstić information content (AvgIpc) is 2.65. The monoisotopic (exact) mass is 339 g/mol. The van der Waals surface area contributed by atoms with Crippen molar-refractivity contribution < 1.29 is 10.2 Å². The topological polar surface area (TPSA) is 69.0 Å². The molecule has 25 heavy (non-hydrogen) atoms. The Morgan fingerprint density at radius 3 is 2.64 bits per heavy atom. The molecule has 1 aromatic heterocycles. The Morgan fingerprint density at radius 1 is 1.24 bits per heavy atom. The normalized spacial score (nSPS) is 16.6. The molecule has 0 spiro atoms. The molecule has 0 unspecified atom stereocenters. The maximum Gasteiger partial charge on any atom is 0.145 e. The Hall–Kier alpha value is -2.24. The van der Waals surface area contributed by atoms with Crippen LogP contribution in [0.4, 0.5) is 0 Å². The number of aromatic hydroxyl groups is 1. The van der Waals surface area contributed by atoms with Crippen molar-refractivity contribution in [1.82, 2.24) is 9.88 Å². The third-order valence-corrected chi connectivity index (χ3v) is 4.75. The van der Waals surface area contributed by atoms with Gasteiger partial charge < -0.3 is 10.2 Å². The molecule has 1 fully saturated rings. The molecule has 2 heterocycles. The smallest absolute Gasteiger partial charge is 0.145 e. The summed E-state index contributed by atoms with van der Waals surface area (Å²) >= 11 is 0. The van der Waals surface area contributed by atoms with E-state index in [-0.39, 0.29) is 18.4 Å². The molecule has 3 rings (SSSR count). The number of aryl methyl sites for hydroxylation is 1. The van der Waals surface area contributed by atoms with Crippen LogP contribution in [0.5, 0.6) is 5.75 Å². The van der Waals surface area contributed by atoms with Gasteiger partial charge in [0.15, 0.2) is 0 Å². The fourth-order valence-corrected chi connectivity index (χ4v) is 3.17. The standard InChI is InChI=1S/C20H25N3O2/c1-15-20(25)19(17(14-24)11-21-15)12-22-18-7-9-23(10-8-18)13-16-5-3-2-4-6-16/h2-6,11-12,18,24-25H,7-10,13-14H2,1H3. The Labute approximate surface area is 148 Å². The molecule has 0 radical (unpaired) electrons. The van der Waals surface area contributed by atoms with Crippen LogP contribution in [0.2, 0.25) is 0 Å². The van der Waals surface area contributed by atoms with E-state index < -0.39 is 0 Å². The van der Waals surface area contributed by atoms with Crippen LogP contribution in [-0.2, 0) is 13.2 Å². The molecule has 1 aliphatic heterocycles. The predicted octanol–water partition coefficient (Wildman–Crippen LogP) is 2.67. The number of aliphatic hydroxyl groups excluding tert-OH is 1. The van der Waals surface area contributed by atoms with Gasteiger partial charge in [0.05, 0.1) is 18.3 Å². The van der Waals surface area contributed by atoms with Crippen molar-refractivity contribution in [2.24, 2.45) is 4.99 Å². The summed E-state index contributed by atoms with van der Waals surface area (Å²) in [7, 11) is 0. The molecule has 0 aliphatic carbocycles. The molecular formula is C20H25N3O2. The highest BCUT2D eigenvalue weighted by molar-refractivity contribution is 5.85. The summed E-state index contributed by atoms with van der Waals surface area (Å²) in [6.07, 6.45) is 5.30. The average molecular weight is 339 g/mol. The number of hydrogen-bond donors (Lipinski definition) is 2. The van der Waals surface area contributed by atoms with Gasteiger partial charge in [-0.15, -0.1) is 0 Å². The summed E-state index contributed by atoms with van der Waals surface area (Å²) in [5.41, 5.74) is 3.08. The van der Waals surface area contributed by atoms with E-state index in [9.17, 15) is 10.2 Å². The molecule has 0 amide bonds. The van der Waals surface area contributed by atoms with Gasteiger partial charge in [0, 0.05) is 43.2 Å². The molecule has 1 aliphatic rings. The molecular weight excluding hydrogens is 314 g/mol. The van der Waals surface area contributed by atoms with E-state index in [0.717, 1.165) is 32.5 Å². The molecule has 0 bridgehead atoms. The lowest BCUT2D eigenvalue weighted by atomic mass is 10.0. The maximum absolute atomic E-state index is 10.2. The van der Waals surface area contributed by atoms with Gasteiger partial charge in [-0.2, -0.15) is 0 Å². The Kier molecular flexibility index (Phi) is 5.79. The molecule has 5 nitrogen and oxygen atoms in total. The highest BCUT2D eigenvalue weighted by atomic mass is 16.3. The second kappa shape index (κ2) is 8.23. The first kappa shape index (κ1) is 17.6. The molecule has 0 saturated carbocycles. The van der Waals surface area contributed by atoms with E-state index >= 15 is 0 Å². The van der Waals surface area contributed by atoms with Gasteiger partial charge in [-0.3, -0.25) is 14.9 Å². The van der Waals surface area contributed by atoms with Crippen molar-refractivity contribution in [1.29, 1.82) is 0 Å². The van der Waals surface area contributed by atoms with E-state index in [2.05, 4.69) is 39.1 Å².